The monoisotopic (exact) mass is 275 g/mol. The molecule has 1 aromatic rings. The first-order valence-electron chi connectivity index (χ1n) is 8.37. The fourth-order valence-corrected chi connectivity index (χ4v) is 8.51. The van der Waals surface area contributed by atoms with Gasteiger partial charge in [0.15, 0.2) is 0 Å². The van der Waals surface area contributed by atoms with E-state index in [-0.39, 0.29) is 7.92 Å². The molecule has 0 atom stereocenters. The second-order valence-electron chi connectivity index (χ2n) is 6.49. The molecule has 0 N–H and O–H groups in total. The van der Waals surface area contributed by atoms with Crippen molar-refractivity contribution < 1.29 is 0 Å². The highest BCUT2D eigenvalue weighted by atomic mass is 31.1. The predicted molar refractivity (Wildman–Crippen MR) is 88.1 cm³/mol. The van der Waals surface area contributed by atoms with Gasteiger partial charge in [-0.05, 0) is 63.5 Å². The van der Waals surface area contributed by atoms with Gasteiger partial charge in [-0.3, -0.25) is 0 Å². The van der Waals surface area contributed by atoms with Crippen LogP contribution in [0.25, 0.3) is 0 Å². The Balaban J connectivity index is 1.81. The lowest BCUT2D eigenvalue weighted by Crippen LogP contribution is -2.26. The summed E-state index contributed by atoms with van der Waals surface area (Å²) >= 11 is 0. The van der Waals surface area contributed by atoms with Crippen LogP contribution in [0.2, 0.25) is 0 Å². The average molecular weight is 275 g/mol. The Morgan fingerprint density at radius 3 is 1.58 bits per heavy atom. The van der Waals surface area contributed by atoms with E-state index in [2.05, 4.69) is 30.3 Å². The SMILES string of the molecule is c1ccc([PH+](C2CCCCC2)C2CCCCC2)cc1. The molecule has 2 fully saturated rings. The minimum atomic E-state index is -0.323. The van der Waals surface area contributed by atoms with Crippen LogP contribution >= 0.6 is 7.92 Å². The Morgan fingerprint density at radius 2 is 1.11 bits per heavy atom. The summed E-state index contributed by atoms with van der Waals surface area (Å²) in [6, 6.07) is 11.6. The molecule has 2 aliphatic carbocycles. The van der Waals surface area contributed by atoms with Crippen LogP contribution in [0.1, 0.15) is 64.2 Å². The van der Waals surface area contributed by atoms with Crippen LogP contribution in [-0.2, 0) is 0 Å². The Hall–Kier alpha value is -0.350. The zero-order valence-corrected chi connectivity index (χ0v) is 13.1. The van der Waals surface area contributed by atoms with Crippen molar-refractivity contribution in [2.24, 2.45) is 0 Å². The molecule has 2 aliphatic rings. The topological polar surface area (TPSA) is 0 Å². The lowest BCUT2D eigenvalue weighted by molar-refractivity contribution is 0.487. The molecule has 0 heterocycles. The van der Waals surface area contributed by atoms with Crippen molar-refractivity contribution in [3.05, 3.63) is 30.3 Å². The summed E-state index contributed by atoms with van der Waals surface area (Å²) < 4.78 is 0. The third-order valence-corrected chi connectivity index (χ3v) is 9.11. The van der Waals surface area contributed by atoms with Crippen LogP contribution in [0.5, 0.6) is 0 Å². The number of hydrogen-bond acceptors (Lipinski definition) is 0. The van der Waals surface area contributed by atoms with Gasteiger partial charge in [0, 0.05) is 7.92 Å². The van der Waals surface area contributed by atoms with Gasteiger partial charge in [0.2, 0.25) is 0 Å². The molecular weight excluding hydrogens is 247 g/mol. The summed E-state index contributed by atoms with van der Waals surface area (Å²) in [6.07, 6.45) is 15.1. The van der Waals surface area contributed by atoms with Crippen molar-refractivity contribution >= 4 is 13.2 Å². The van der Waals surface area contributed by atoms with Gasteiger partial charge in [-0.2, -0.15) is 0 Å². The first-order chi connectivity index (χ1) is 9.45. The second-order valence-corrected chi connectivity index (χ2v) is 9.61. The van der Waals surface area contributed by atoms with Crippen molar-refractivity contribution in [3.63, 3.8) is 0 Å². The molecule has 0 aliphatic heterocycles. The van der Waals surface area contributed by atoms with Crippen molar-refractivity contribution in [3.8, 4) is 0 Å². The highest BCUT2D eigenvalue weighted by Gasteiger charge is 2.38. The van der Waals surface area contributed by atoms with Gasteiger partial charge in [0.1, 0.15) is 0 Å². The van der Waals surface area contributed by atoms with Gasteiger partial charge in [0.25, 0.3) is 0 Å². The standard InChI is InChI=1S/C18H27P/c1-4-10-16(11-5-1)19(17-12-6-2-7-13-17)18-14-8-3-9-15-18/h1,4-5,10-11,17-18H,2-3,6-9,12-15H2/p+1. The Kier molecular flexibility index (Phi) is 4.94. The lowest BCUT2D eigenvalue weighted by atomic mass is 9.99. The van der Waals surface area contributed by atoms with Crippen molar-refractivity contribution in [2.45, 2.75) is 75.5 Å². The Labute approximate surface area is 119 Å². The number of benzene rings is 1. The molecule has 1 aromatic carbocycles. The molecule has 0 nitrogen and oxygen atoms in total. The number of rotatable bonds is 3. The van der Waals surface area contributed by atoms with Crippen molar-refractivity contribution in [1.29, 1.82) is 0 Å². The molecule has 104 valence electrons. The maximum absolute atomic E-state index is 2.44. The smallest absolute Gasteiger partial charge is 0.0620 e. The fraction of sp³-hybridized carbons (Fsp3) is 0.667. The summed E-state index contributed by atoms with van der Waals surface area (Å²) in [7, 11) is -0.323. The first kappa shape index (κ1) is 13.6. The number of hydrogen-bond donors (Lipinski definition) is 0. The molecular formula is C18H28P+. The minimum absolute atomic E-state index is 0.323. The van der Waals surface area contributed by atoms with Crippen molar-refractivity contribution in [2.75, 3.05) is 0 Å². The van der Waals surface area contributed by atoms with E-state index in [0.29, 0.717) is 0 Å². The molecule has 0 saturated heterocycles. The zero-order chi connectivity index (χ0) is 12.9. The molecule has 2 saturated carbocycles. The summed E-state index contributed by atoms with van der Waals surface area (Å²) in [5, 5.41) is 1.74. The normalized spacial score (nSPS) is 22.8. The highest BCUT2D eigenvalue weighted by molar-refractivity contribution is 7.67. The molecule has 0 aromatic heterocycles. The molecule has 1 heteroatoms. The van der Waals surface area contributed by atoms with E-state index in [1.807, 2.05) is 0 Å². The van der Waals surface area contributed by atoms with Gasteiger partial charge < -0.3 is 0 Å². The van der Waals surface area contributed by atoms with E-state index in [9.17, 15) is 0 Å². The van der Waals surface area contributed by atoms with Crippen LogP contribution in [0.3, 0.4) is 0 Å². The summed E-state index contributed by atoms with van der Waals surface area (Å²) in [4.78, 5) is 0. The van der Waals surface area contributed by atoms with Crippen LogP contribution < -0.4 is 5.30 Å². The largest absolute Gasteiger partial charge is 0.0920 e. The Morgan fingerprint density at radius 1 is 0.632 bits per heavy atom. The van der Waals surface area contributed by atoms with Gasteiger partial charge in [-0.1, -0.05) is 31.0 Å². The third-order valence-electron chi connectivity index (χ3n) is 5.20. The minimum Gasteiger partial charge on any atom is -0.0620 e. The van der Waals surface area contributed by atoms with Gasteiger partial charge in [0.05, 0.1) is 16.6 Å². The van der Waals surface area contributed by atoms with E-state index in [1.54, 1.807) is 5.30 Å². The molecule has 19 heavy (non-hydrogen) atoms. The van der Waals surface area contributed by atoms with Gasteiger partial charge in [-0.15, -0.1) is 0 Å². The Bertz CT molecular complexity index is 343. The maximum Gasteiger partial charge on any atom is 0.0920 e. The summed E-state index contributed by atoms with van der Waals surface area (Å²) in [5.41, 5.74) is 2.15. The maximum atomic E-state index is 2.44. The van der Waals surface area contributed by atoms with Crippen molar-refractivity contribution in [1.82, 2.24) is 0 Å². The third kappa shape index (κ3) is 3.40. The lowest BCUT2D eigenvalue weighted by Gasteiger charge is -2.32. The molecule has 0 unspecified atom stereocenters. The van der Waals surface area contributed by atoms with E-state index < -0.39 is 0 Å². The quantitative estimate of drug-likeness (QED) is 0.666. The molecule has 0 spiro atoms. The zero-order valence-electron chi connectivity index (χ0n) is 12.1. The van der Waals surface area contributed by atoms with Gasteiger partial charge in [-0.25, -0.2) is 0 Å². The fourth-order valence-electron chi connectivity index (χ4n) is 4.26. The van der Waals surface area contributed by atoms with Crippen LogP contribution in [-0.4, -0.2) is 11.3 Å². The first-order valence-corrected chi connectivity index (χ1v) is 10.0. The molecule has 0 radical (unpaired) electrons. The molecule has 3 rings (SSSR count). The van der Waals surface area contributed by atoms with Gasteiger partial charge >= 0.3 is 0 Å². The van der Waals surface area contributed by atoms with E-state index in [1.165, 1.54) is 64.2 Å². The van der Waals surface area contributed by atoms with Crippen LogP contribution in [0, 0.1) is 0 Å². The summed E-state index contributed by atoms with van der Waals surface area (Å²) in [6.45, 7) is 0. The van der Waals surface area contributed by atoms with E-state index in [4.69, 9.17) is 0 Å². The average Bonchev–Trinajstić information content (AvgIpc) is 2.51. The van der Waals surface area contributed by atoms with Crippen LogP contribution in [0.4, 0.5) is 0 Å². The molecule has 0 amide bonds. The molecule has 0 bridgehead atoms. The second kappa shape index (κ2) is 6.89. The predicted octanol–water partition coefficient (Wildman–Crippen LogP) is 5.19. The summed E-state index contributed by atoms with van der Waals surface area (Å²) in [5.74, 6) is 0. The van der Waals surface area contributed by atoms with E-state index in [0.717, 1.165) is 11.3 Å². The van der Waals surface area contributed by atoms with E-state index >= 15 is 0 Å². The van der Waals surface area contributed by atoms with Crippen LogP contribution in [0.15, 0.2) is 30.3 Å². The highest BCUT2D eigenvalue weighted by Crippen LogP contribution is 2.54.